The van der Waals surface area contributed by atoms with Gasteiger partial charge in [-0.1, -0.05) is 0 Å². The smallest absolute Gasteiger partial charge is 0.265 e. The second-order valence-electron chi connectivity index (χ2n) is 5.12. The molecule has 0 fully saturated rings. The van der Waals surface area contributed by atoms with Crippen LogP contribution >= 0.6 is 11.3 Å². The minimum absolute atomic E-state index is 0.190. The number of rotatable bonds is 4. The van der Waals surface area contributed by atoms with Gasteiger partial charge in [-0.15, -0.1) is 11.3 Å². The van der Waals surface area contributed by atoms with Crippen molar-refractivity contribution in [2.45, 2.75) is 18.7 Å². The molecule has 0 aliphatic heterocycles. The van der Waals surface area contributed by atoms with Gasteiger partial charge in [0.1, 0.15) is 0 Å². The number of thiophene rings is 1. The third-order valence-electron chi connectivity index (χ3n) is 3.28. The molecule has 0 radical (unpaired) electrons. The average Bonchev–Trinajstić information content (AvgIpc) is 2.79. The summed E-state index contributed by atoms with van der Waals surface area (Å²) < 4.78 is 25.1. The van der Waals surface area contributed by atoms with Crippen molar-refractivity contribution in [3.8, 4) is 0 Å². The van der Waals surface area contributed by atoms with Crippen molar-refractivity contribution < 1.29 is 13.2 Å². The van der Waals surface area contributed by atoms with E-state index in [-0.39, 0.29) is 10.8 Å². The fraction of sp³-hybridized carbons (Fsp3) is 0.267. The Morgan fingerprint density at radius 1 is 1.14 bits per heavy atom. The predicted molar refractivity (Wildman–Crippen MR) is 89.1 cm³/mol. The van der Waals surface area contributed by atoms with Crippen molar-refractivity contribution in [2.75, 3.05) is 19.4 Å². The second-order valence-corrected chi connectivity index (χ2v) is 8.52. The average molecular weight is 338 g/mol. The Kier molecular flexibility index (Phi) is 4.69. The largest absolute Gasteiger partial charge is 0.321 e. The molecule has 0 aliphatic rings. The lowest BCUT2D eigenvalue weighted by Crippen LogP contribution is -2.22. The van der Waals surface area contributed by atoms with E-state index in [0.717, 1.165) is 14.7 Å². The summed E-state index contributed by atoms with van der Waals surface area (Å²) in [6.45, 7) is 3.93. The summed E-state index contributed by atoms with van der Waals surface area (Å²) >= 11 is 1.44. The fourth-order valence-electron chi connectivity index (χ4n) is 1.80. The maximum absolute atomic E-state index is 12.1. The van der Waals surface area contributed by atoms with E-state index in [1.165, 1.54) is 37.6 Å². The van der Waals surface area contributed by atoms with Gasteiger partial charge in [-0.3, -0.25) is 4.79 Å². The number of anilines is 1. The highest BCUT2D eigenvalue weighted by Gasteiger charge is 2.17. The van der Waals surface area contributed by atoms with Gasteiger partial charge in [0, 0.05) is 24.7 Å². The van der Waals surface area contributed by atoms with Crippen LogP contribution in [0, 0.1) is 13.8 Å². The van der Waals surface area contributed by atoms with Crippen molar-refractivity contribution in [3.63, 3.8) is 0 Å². The minimum Gasteiger partial charge on any atom is -0.321 e. The Labute approximate surface area is 134 Å². The molecule has 0 bridgehead atoms. The minimum atomic E-state index is -3.45. The number of nitrogens with zero attached hydrogens (tertiary/aromatic N) is 1. The zero-order valence-electron chi connectivity index (χ0n) is 12.9. The first-order chi connectivity index (χ1) is 10.2. The molecule has 1 aromatic heterocycles. The summed E-state index contributed by atoms with van der Waals surface area (Å²) in [4.78, 5) is 14.1. The van der Waals surface area contributed by atoms with Crippen LogP contribution in [0.3, 0.4) is 0 Å². The zero-order chi connectivity index (χ0) is 16.5. The molecule has 0 saturated carbocycles. The van der Waals surface area contributed by atoms with E-state index in [9.17, 15) is 13.2 Å². The maximum atomic E-state index is 12.1. The van der Waals surface area contributed by atoms with Crippen molar-refractivity contribution in [3.05, 3.63) is 45.6 Å². The molecule has 0 spiro atoms. The Balaban J connectivity index is 2.16. The molecule has 1 heterocycles. The number of hydrogen-bond acceptors (Lipinski definition) is 4. The van der Waals surface area contributed by atoms with Crippen LogP contribution in [-0.2, 0) is 10.0 Å². The van der Waals surface area contributed by atoms with Crippen molar-refractivity contribution in [2.24, 2.45) is 0 Å². The van der Waals surface area contributed by atoms with Crippen LogP contribution in [0.25, 0.3) is 0 Å². The third-order valence-corrected chi connectivity index (χ3v) is 6.26. The standard InChI is InChI=1S/C15H18N2O3S2/c1-10-9-14(21-11(10)2)15(18)16-12-5-7-13(8-6-12)22(19,20)17(3)4/h5-9H,1-4H3,(H,16,18). The third kappa shape index (κ3) is 3.37. The molecular weight excluding hydrogens is 320 g/mol. The summed E-state index contributed by atoms with van der Waals surface area (Å²) in [6.07, 6.45) is 0. The Morgan fingerprint density at radius 2 is 1.73 bits per heavy atom. The lowest BCUT2D eigenvalue weighted by Gasteiger charge is -2.11. The van der Waals surface area contributed by atoms with Crippen molar-refractivity contribution in [1.29, 1.82) is 0 Å². The molecule has 1 aromatic carbocycles. The molecular formula is C15H18N2O3S2. The van der Waals surface area contributed by atoms with Gasteiger partial charge in [0.15, 0.2) is 0 Å². The monoisotopic (exact) mass is 338 g/mol. The zero-order valence-corrected chi connectivity index (χ0v) is 14.5. The second kappa shape index (κ2) is 6.20. The van der Waals surface area contributed by atoms with Gasteiger partial charge in [0.25, 0.3) is 5.91 Å². The molecule has 22 heavy (non-hydrogen) atoms. The summed E-state index contributed by atoms with van der Waals surface area (Å²) in [5.74, 6) is -0.190. The first-order valence-electron chi connectivity index (χ1n) is 6.63. The summed E-state index contributed by atoms with van der Waals surface area (Å²) in [7, 11) is -0.497. The van der Waals surface area contributed by atoms with E-state index in [1.807, 2.05) is 19.9 Å². The summed E-state index contributed by atoms with van der Waals surface area (Å²) in [5.41, 5.74) is 1.65. The molecule has 2 rings (SSSR count). The molecule has 7 heteroatoms. The highest BCUT2D eigenvalue weighted by Crippen LogP contribution is 2.22. The van der Waals surface area contributed by atoms with E-state index < -0.39 is 10.0 Å². The molecule has 0 atom stereocenters. The molecule has 0 aliphatic carbocycles. The van der Waals surface area contributed by atoms with Crippen LogP contribution in [0.15, 0.2) is 35.2 Å². The van der Waals surface area contributed by atoms with Crippen LogP contribution in [0.5, 0.6) is 0 Å². The SMILES string of the molecule is Cc1cc(C(=O)Nc2ccc(S(=O)(=O)N(C)C)cc2)sc1C. The molecule has 2 aromatic rings. The number of aryl methyl sites for hydroxylation is 2. The van der Waals surface area contributed by atoms with E-state index in [2.05, 4.69) is 5.32 Å². The number of nitrogens with one attached hydrogen (secondary N) is 1. The Hall–Kier alpha value is -1.70. The van der Waals surface area contributed by atoms with Gasteiger partial charge in [-0.25, -0.2) is 12.7 Å². The molecule has 118 valence electrons. The lowest BCUT2D eigenvalue weighted by molar-refractivity contribution is 0.103. The quantitative estimate of drug-likeness (QED) is 0.932. The number of sulfonamides is 1. The van der Waals surface area contributed by atoms with Crippen LogP contribution in [0.2, 0.25) is 0 Å². The molecule has 0 unspecified atom stereocenters. The number of amides is 1. The van der Waals surface area contributed by atoms with E-state index in [0.29, 0.717) is 10.6 Å². The summed E-state index contributed by atoms with van der Waals surface area (Å²) in [6, 6.07) is 7.98. The number of carbonyl (C=O) groups excluding carboxylic acids is 1. The lowest BCUT2D eigenvalue weighted by atomic mass is 10.2. The van der Waals surface area contributed by atoms with Crippen LogP contribution in [0.4, 0.5) is 5.69 Å². The molecule has 5 nitrogen and oxygen atoms in total. The Bertz CT molecular complexity index is 771. The molecule has 1 amide bonds. The van der Waals surface area contributed by atoms with Crippen molar-refractivity contribution in [1.82, 2.24) is 4.31 Å². The molecule has 0 saturated heterocycles. The van der Waals surface area contributed by atoms with Gasteiger partial charge in [-0.05, 0) is 49.7 Å². The Morgan fingerprint density at radius 3 is 2.18 bits per heavy atom. The highest BCUT2D eigenvalue weighted by atomic mass is 32.2. The number of hydrogen-bond donors (Lipinski definition) is 1. The van der Waals surface area contributed by atoms with Gasteiger partial charge in [-0.2, -0.15) is 0 Å². The molecule has 1 N–H and O–H groups in total. The van der Waals surface area contributed by atoms with Crippen LogP contribution < -0.4 is 5.32 Å². The van der Waals surface area contributed by atoms with Gasteiger partial charge in [0.05, 0.1) is 9.77 Å². The van der Waals surface area contributed by atoms with Crippen molar-refractivity contribution >= 4 is 33.0 Å². The van der Waals surface area contributed by atoms with Gasteiger partial charge >= 0.3 is 0 Å². The topological polar surface area (TPSA) is 66.5 Å². The highest BCUT2D eigenvalue weighted by molar-refractivity contribution is 7.89. The van der Waals surface area contributed by atoms with Crippen LogP contribution in [-0.4, -0.2) is 32.7 Å². The van der Waals surface area contributed by atoms with E-state index in [1.54, 1.807) is 12.1 Å². The van der Waals surface area contributed by atoms with Gasteiger partial charge < -0.3 is 5.32 Å². The first kappa shape index (κ1) is 16.7. The number of carbonyl (C=O) groups is 1. The summed E-state index contributed by atoms with van der Waals surface area (Å²) in [5, 5.41) is 2.77. The number of benzene rings is 1. The fourth-order valence-corrected chi connectivity index (χ4v) is 3.63. The maximum Gasteiger partial charge on any atom is 0.265 e. The predicted octanol–water partition coefficient (Wildman–Crippen LogP) is 2.87. The van der Waals surface area contributed by atoms with E-state index in [4.69, 9.17) is 0 Å². The normalized spacial score (nSPS) is 11.7. The van der Waals surface area contributed by atoms with Gasteiger partial charge in [0.2, 0.25) is 10.0 Å². The van der Waals surface area contributed by atoms with E-state index >= 15 is 0 Å². The first-order valence-corrected chi connectivity index (χ1v) is 8.88. The van der Waals surface area contributed by atoms with Crippen LogP contribution in [0.1, 0.15) is 20.1 Å².